The molecule has 2 aromatic rings. The Morgan fingerprint density at radius 2 is 1.80 bits per heavy atom. The van der Waals surface area contributed by atoms with E-state index in [-0.39, 0.29) is 23.6 Å². The van der Waals surface area contributed by atoms with Crippen molar-refractivity contribution in [3.8, 4) is 0 Å². The monoisotopic (exact) mass is 339 g/mol. The van der Waals surface area contributed by atoms with Gasteiger partial charge in [-0.15, -0.1) is 0 Å². The third-order valence-electron chi connectivity index (χ3n) is 4.44. The van der Waals surface area contributed by atoms with E-state index in [0.29, 0.717) is 18.7 Å². The highest BCUT2D eigenvalue weighted by atomic mass is 16.5. The number of nitrogens with zero attached hydrogens (tertiary/aromatic N) is 1. The van der Waals surface area contributed by atoms with Gasteiger partial charge in [-0.3, -0.25) is 4.79 Å². The van der Waals surface area contributed by atoms with Crippen molar-refractivity contribution in [2.75, 3.05) is 13.2 Å². The number of hydrogen-bond donors (Lipinski definition) is 1. The van der Waals surface area contributed by atoms with Crippen LogP contribution < -0.4 is 0 Å². The molecule has 0 aliphatic carbocycles. The van der Waals surface area contributed by atoms with E-state index in [0.717, 1.165) is 11.1 Å². The van der Waals surface area contributed by atoms with E-state index in [9.17, 15) is 14.7 Å². The molecule has 3 rings (SSSR count). The molecule has 1 heterocycles. The van der Waals surface area contributed by atoms with Gasteiger partial charge >= 0.3 is 5.97 Å². The molecule has 1 N–H and O–H groups in total. The fourth-order valence-electron chi connectivity index (χ4n) is 3.10. The van der Waals surface area contributed by atoms with Gasteiger partial charge in [-0.2, -0.15) is 0 Å². The van der Waals surface area contributed by atoms with Crippen LogP contribution in [0.5, 0.6) is 0 Å². The molecule has 1 aliphatic rings. The molecule has 0 aromatic heterocycles. The fraction of sp³-hybridized carbons (Fsp3) is 0.300. The Kier molecular flexibility index (Phi) is 4.86. The molecular weight excluding hydrogens is 318 g/mol. The molecule has 1 fully saturated rings. The number of aryl methyl sites for hydroxylation is 1. The molecule has 130 valence electrons. The molecule has 1 amide bonds. The Labute approximate surface area is 146 Å². The lowest BCUT2D eigenvalue weighted by Crippen LogP contribution is -2.48. The van der Waals surface area contributed by atoms with Crippen molar-refractivity contribution >= 4 is 11.9 Å². The molecule has 0 saturated carbocycles. The summed E-state index contributed by atoms with van der Waals surface area (Å²) in [6.07, 6.45) is -0.176. The second kappa shape index (κ2) is 7.07. The second-order valence-corrected chi connectivity index (χ2v) is 6.43. The summed E-state index contributed by atoms with van der Waals surface area (Å²) in [7, 11) is 0. The first-order chi connectivity index (χ1) is 12.0. The van der Waals surface area contributed by atoms with Crippen molar-refractivity contribution in [3.63, 3.8) is 0 Å². The van der Waals surface area contributed by atoms with Gasteiger partial charge in [0.2, 0.25) is 0 Å². The summed E-state index contributed by atoms with van der Waals surface area (Å²) in [4.78, 5) is 26.0. The summed E-state index contributed by atoms with van der Waals surface area (Å²) in [6.45, 7) is 4.62. The highest BCUT2D eigenvalue weighted by Crippen LogP contribution is 2.26. The van der Waals surface area contributed by atoms with Gasteiger partial charge in [-0.25, -0.2) is 4.79 Å². The van der Waals surface area contributed by atoms with Crippen molar-refractivity contribution in [2.45, 2.75) is 26.0 Å². The van der Waals surface area contributed by atoms with Crippen LogP contribution in [0.15, 0.2) is 48.5 Å². The molecule has 2 atom stereocenters. The van der Waals surface area contributed by atoms with Crippen molar-refractivity contribution < 1.29 is 19.4 Å². The normalized spacial score (nSPS) is 20.3. The molecule has 2 aromatic carbocycles. The molecule has 1 saturated heterocycles. The van der Waals surface area contributed by atoms with E-state index in [1.54, 1.807) is 24.0 Å². The quantitative estimate of drug-likeness (QED) is 0.932. The maximum absolute atomic E-state index is 13.0. The van der Waals surface area contributed by atoms with Gasteiger partial charge in [0.25, 0.3) is 5.91 Å². The Bertz CT molecular complexity index is 788. The van der Waals surface area contributed by atoms with Crippen LogP contribution in [0, 0.1) is 6.92 Å². The summed E-state index contributed by atoms with van der Waals surface area (Å²) in [5.74, 6) is -1.20. The number of rotatable bonds is 3. The molecule has 0 bridgehead atoms. The highest BCUT2D eigenvalue weighted by molar-refractivity contribution is 5.98. The van der Waals surface area contributed by atoms with Crippen molar-refractivity contribution in [2.24, 2.45) is 0 Å². The first-order valence-corrected chi connectivity index (χ1v) is 8.28. The summed E-state index contributed by atoms with van der Waals surface area (Å²) >= 11 is 0. The highest BCUT2D eigenvalue weighted by Gasteiger charge is 2.31. The number of aromatic carboxylic acids is 1. The average Bonchev–Trinajstić information content (AvgIpc) is 2.61. The maximum Gasteiger partial charge on any atom is 0.335 e. The first kappa shape index (κ1) is 17.2. The van der Waals surface area contributed by atoms with Crippen LogP contribution >= 0.6 is 0 Å². The lowest BCUT2D eigenvalue weighted by Gasteiger charge is -2.38. The van der Waals surface area contributed by atoms with E-state index >= 15 is 0 Å². The van der Waals surface area contributed by atoms with Crippen LogP contribution in [-0.4, -0.2) is 41.1 Å². The van der Waals surface area contributed by atoms with Gasteiger partial charge in [0, 0.05) is 5.56 Å². The van der Waals surface area contributed by atoms with Crippen LogP contribution in [0.2, 0.25) is 0 Å². The number of carbonyl (C=O) groups is 2. The summed E-state index contributed by atoms with van der Waals surface area (Å²) in [5, 5.41) is 9.22. The van der Waals surface area contributed by atoms with Crippen molar-refractivity contribution in [1.82, 2.24) is 4.90 Å². The zero-order chi connectivity index (χ0) is 18.0. The Hall–Kier alpha value is -2.66. The molecule has 2 unspecified atom stereocenters. The minimum absolute atomic E-state index is 0.0683. The molecule has 1 aliphatic heterocycles. The second-order valence-electron chi connectivity index (χ2n) is 6.43. The Morgan fingerprint density at radius 1 is 1.12 bits per heavy atom. The number of carboxylic acid groups (broad SMARTS) is 1. The van der Waals surface area contributed by atoms with Gasteiger partial charge in [0.05, 0.1) is 24.8 Å². The number of carboxylic acids is 1. The molecule has 0 radical (unpaired) electrons. The average molecular weight is 339 g/mol. The summed E-state index contributed by atoms with van der Waals surface area (Å²) in [5.41, 5.74) is 2.31. The number of benzene rings is 2. The first-order valence-electron chi connectivity index (χ1n) is 8.28. The number of ether oxygens (including phenoxy) is 1. The zero-order valence-electron chi connectivity index (χ0n) is 14.3. The van der Waals surface area contributed by atoms with Crippen molar-refractivity contribution in [3.05, 3.63) is 70.8 Å². The SMILES string of the molecule is Cc1cc(C(=O)O)cc(C(=O)N2CC(c3ccccc3)OCC2C)c1. The lowest BCUT2D eigenvalue weighted by molar-refractivity contribution is -0.0486. The van der Waals surface area contributed by atoms with Crippen LogP contribution in [0.4, 0.5) is 0 Å². The molecular formula is C20H21NO4. The molecule has 5 nitrogen and oxygen atoms in total. The van der Waals surface area contributed by atoms with E-state index in [4.69, 9.17) is 4.74 Å². The number of carbonyl (C=O) groups excluding carboxylic acids is 1. The maximum atomic E-state index is 13.0. The molecule has 5 heteroatoms. The topological polar surface area (TPSA) is 66.8 Å². The largest absolute Gasteiger partial charge is 0.478 e. The van der Waals surface area contributed by atoms with Crippen molar-refractivity contribution in [1.29, 1.82) is 0 Å². The Morgan fingerprint density at radius 3 is 2.48 bits per heavy atom. The number of morpholine rings is 1. The zero-order valence-corrected chi connectivity index (χ0v) is 14.3. The van der Waals surface area contributed by atoms with E-state index in [1.165, 1.54) is 6.07 Å². The van der Waals surface area contributed by atoms with E-state index < -0.39 is 5.97 Å². The third kappa shape index (κ3) is 3.72. The van der Waals surface area contributed by atoms with Gasteiger partial charge in [-0.1, -0.05) is 30.3 Å². The minimum atomic E-state index is -1.03. The Balaban J connectivity index is 1.86. The van der Waals surface area contributed by atoms with Crippen LogP contribution in [-0.2, 0) is 4.74 Å². The predicted octanol–water partition coefficient (Wildman–Crippen LogP) is 3.30. The van der Waals surface area contributed by atoms with Crippen LogP contribution in [0.3, 0.4) is 0 Å². The third-order valence-corrected chi connectivity index (χ3v) is 4.44. The smallest absolute Gasteiger partial charge is 0.335 e. The molecule has 25 heavy (non-hydrogen) atoms. The van der Waals surface area contributed by atoms with Crippen LogP contribution in [0.1, 0.15) is 44.9 Å². The number of hydrogen-bond acceptors (Lipinski definition) is 3. The fourth-order valence-corrected chi connectivity index (χ4v) is 3.10. The van der Waals surface area contributed by atoms with Gasteiger partial charge < -0.3 is 14.7 Å². The van der Waals surface area contributed by atoms with Gasteiger partial charge in [0.15, 0.2) is 0 Å². The summed E-state index contributed by atoms with van der Waals surface area (Å²) < 4.78 is 5.89. The van der Waals surface area contributed by atoms with Crippen LogP contribution in [0.25, 0.3) is 0 Å². The summed E-state index contributed by atoms with van der Waals surface area (Å²) in [6, 6.07) is 14.5. The van der Waals surface area contributed by atoms with Gasteiger partial charge in [-0.05, 0) is 43.2 Å². The van der Waals surface area contributed by atoms with E-state index in [1.807, 2.05) is 37.3 Å². The predicted molar refractivity (Wildman–Crippen MR) is 93.8 cm³/mol. The molecule has 0 spiro atoms. The van der Waals surface area contributed by atoms with E-state index in [2.05, 4.69) is 0 Å². The lowest BCUT2D eigenvalue weighted by atomic mass is 10.0. The minimum Gasteiger partial charge on any atom is -0.478 e. The number of amides is 1. The van der Waals surface area contributed by atoms with Gasteiger partial charge in [0.1, 0.15) is 6.10 Å². The standard InChI is InChI=1S/C20H21NO4/c1-13-8-16(10-17(9-13)20(23)24)19(22)21-11-18(25-12-14(21)2)15-6-4-3-5-7-15/h3-10,14,18H,11-12H2,1-2H3,(H,23,24).